The third kappa shape index (κ3) is 3.42. The molecule has 0 amide bonds. The predicted octanol–water partition coefficient (Wildman–Crippen LogP) is 2.91. The molecule has 1 aromatic carbocycles. The minimum absolute atomic E-state index is 0.212. The molecule has 1 radical (unpaired) electrons. The van der Waals surface area contributed by atoms with Crippen LogP contribution < -0.4 is 4.74 Å². The first-order valence-electron chi connectivity index (χ1n) is 4.17. The molecule has 0 unspecified atom stereocenters. The highest BCUT2D eigenvalue weighted by Gasteiger charge is 2.10. The normalized spacial score (nSPS) is 11.2. The van der Waals surface area contributed by atoms with E-state index in [2.05, 4.69) is 26.8 Å². The summed E-state index contributed by atoms with van der Waals surface area (Å²) in [6, 6.07) is 10.7. The van der Waals surface area contributed by atoms with Crippen LogP contribution in [-0.2, 0) is 0 Å². The van der Waals surface area contributed by atoms with Gasteiger partial charge in [-0.1, -0.05) is 39.0 Å². The summed E-state index contributed by atoms with van der Waals surface area (Å²) in [6.45, 7) is 7.18. The largest absolute Gasteiger partial charge is 0.492 e. The third-order valence-corrected chi connectivity index (χ3v) is 1.34. The highest BCUT2D eigenvalue weighted by molar-refractivity contribution is 5.19. The van der Waals surface area contributed by atoms with Gasteiger partial charge in [0.05, 0.1) is 6.61 Å². The van der Waals surface area contributed by atoms with Crippen molar-refractivity contribution < 1.29 is 4.74 Å². The van der Waals surface area contributed by atoms with Gasteiger partial charge in [-0.05, 0) is 11.5 Å². The van der Waals surface area contributed by atoms with Crippen LogP contribution in [0.5, 0.6) is 5.75 Å². The summed E-state index contributed by atoms with van der Waals surface area (Å²) >= 11 is 0. The zero-order valence-corrected chi connectivity index (χ0v) is 7.92. The van der Waals surface area contributed by atoms with E-state index in [1.54, 1.807) is 0 Å². The third-order valence-electron chi connectivity index (χ3n) is 1.34. The van der Waals surface area contributed by atoms with Crippen molar-refractivity contribution in [3.63, 3.8) is 0 Å². The topological polar surface area (TPSA) is 9.23 Å². The summed E-state index contributed by atoms with van der Waals surface area (Å²) in [6.07, 6.45) is 0. The second kappa shape index (κ2) is 3.61. The van der Waals surface area contributed by atoms with Crippen LogP contribution in [0, 0.1) is 11.5 Å². The maximum absolute atomic E-state index is 5.51. The Labute approximate surface area is 74.4 Å². The summed E-state index contributed by atoms with van der Waals surface area (Å²) in [4.78, 5) is 0. The van der Waals surface area contributed by atoms with E-state index in [0.717, 1.165) is 12.4 Å². The summed E-state index contributed by atoms with van der Waals surface area (Å²) in [5.74, 6) is 0.826. The van der Waals surface area contributed by atoms with Crippen LogP contribution in [0.4, 0.5) is 0 Å². The molecule has 0 heterocycles. The highest BCUT2D eigenvalue weighted by atomic mass is 16.5. The smallest absolute Gasteiger partial charge is 0.127 e. The van der Waals surface area contributed by atoms with Crippen molar-refractivity contribution in [1.29, 1.82) is 0 Å². The second-order valence-electron chi connectivity index (χ2n) is 4.08. The average Bonchev–Trinajstić information content (AvgIpc) is 2.02. The number of para-hydroxylation sites is 1. The van der Waals surface area contributed by atoms with Crippen LogP contribution in [0.25, 0.3) is 0 Å². The Kier molecular flexibility index (Phi) is 2.74. The van der Waals surface area contributed by atoms with Crippen LogP contribution >= 0.6 is 0 Å². The van der Waals surface area contributed by atoms with Gasteiger partial charge >= 0.3 is 0 Å². The van der Waals surface area contributed by atoms with E-state index < -0.39 is 0 Å². The minimum Gasteiger partial charge on any atom is -0.492 e. The molecule has 0 N–H and O–H groups in total. The van der Waals surface area contributed by atoms with Gasteiger partial charge in [0.15, 0.2) is 0 Å². The van der Waals surface area contributed by atoms with E-state index in [0.29, 0.717) is 0 Å². The van der Waals surface area contributed by atoms with Crippen LogP contribution in [0.3, 0.4) is 0 Å². The van der Waals surface area contributed by atoms with E-state index in [1.165, 1.54) is 0 Å². The van der Waals surface area contributed by atoms with Crippen LogP contribution in [-0.4, -0.2) is 6.61 Å². The van der Waals surface area contributed by atoms with Gasteiger partial charge in [0, 0.05) is 6.07 Å². The quantitative estimate of drug-likeness (QED) is 0.651. The van der Waals surface area contributed by atoms with Gasteiger partial charge in [-0.15, -0.1) is 0 Å². The first kappa shape index (κ1) is 9.11. The van der Waals surface area contributed by atoms with Crippen LogP contribution in [0.1, 0.15) is 20.8 Å². The molecule has 0 atom stereocenters. The second-order valence-corrected chi connectivity index (χ2v) is 4.08. The van der Waals surface area contributed by atoms with Crippen molar-refractivity contribution in [2.75, 3.05) is 6.61 Å². The summed E-state index contributed by atoms with van der Waals surface area (Å²) < 4.78 is 5.51. The Hall–Kier alpha value is -0.980. The average molecular weight is 163 g/mol. The number of ether oxygens (including phenoxy) is 1. The fourth-order valence-corrected chi connectivity index (χ4v) is 0.761. The molecule has 65 valence electrons. The number of hydrogen-bond acceptors (Lipinski definition) is 1. The number of rotatable bonds is 2. The lowest BCUT2D eigenvalue weighted by molar-refractivity contribution is 0.197. The molecule has 12 heavy (non-hydrogen) atoms. The van der Waals surface area contributed by atoms with Crippen molar-refractivity contribution in [3.05, 3.63) is 30.3 Å². The molecule has 0 aliphatic rings. The lowest BCUT2D eigenvalue weighted by Crippen LogP contribution is -2.16. The first-order valence-corrected chi connectivity index (χ1v) is 4.17. The molecular weight excluding hydrogens is 148 g/mol. The van der Waals surface area contributed by atoms with E-state index in [9.17, 15) is 0 Å². The molecule has 0 bridgehead atoms. The van der Waals surface area contributed by atoms with Crippen molar-refractivity contribution in [1.82, 2.24) is 0 Å². The van der Waals surface area contributed by atoms with Crippen LogP contribution in [0.2, 0.25) is 0 Å². The lowest BCUT2D eigenvalue weighted by atomic mass is 9.99. The van der Waals surface area contributed by atoms with E-state index in [4.69, 9.17) is 4.74 Å². The van der Waals surface area contributed by atoms with Crippen molar-refractivity contribution in [3.8, 4) is 5.75 Å². The number of hydrogen-bond donors (Lipinski definition) is 0. The molecule has 0 saturated heterocycles. The van der Waals surface area contributed by atoms with Gasteiger partial charge in [-0.2, -0.15) is 0 Å². The number of benzene rings is 1. The molecule has 1 nitrogen and oxygen atoms in total. The monoisotopic (exact) mass is 163 g/mol. The van der Waals surface area contributed by atoms with Gasteiger partial charge in [0.2, 0.25) is 0 Å². The standard InChI is InChI=1S/C11H15O/c1-11(2,3)9-12-10-7-5-4-6-8-10/h4-7H,9H2,1-3H3. The maximum Gasteiger partial charge on any atom is 0.127 e. The fourth-order valence-electron chi connectivity index (χ4n) is 0.761. The Morgan fingerprint density at radius 2 is 2.08 bits per heavy atom. The highest BCUT2D eigenvalue weighted by Crippen LogP contribution is 2.16. The van der Waals surface area contributed by atoms with Crippen LogP contribution in [0.15, 0.2) is 24.3 Å². The zero-order chi connectivity index (χ0) is 9.03. The zero-order valence-electron chi connectivity index (χ0n) is 7.92. The van der Waals surface area contributed by atoms with Crippen molar-refractivity contribution in [2.45, 2.75) is 20.8 Å². The maximum atomic E-state index is 5.51. The molecular formula is C11H15O. The molecule has 0 fully saturated rings. The Balaban J connectivity index is 2.44. The lowest BCUT2D eigenvalue weighted by Gasteiger charge is -2.18. The summed E-state index contributed by atoms with van der Waals surface area (Å²) in [5, 5.41) is 0. The molecule has 1 aromatic rings. The molecule has 1 rings (SSSR count). The Morgan fingerprint density at radius 3 is 2.58 bits per heavy atom. The Morgan fingerprint density at radius 1 is 1.33 bits per heavy atom. The molecule has 0 aliphatic heterocycles. The van der Waals surface area contributed by atoms with Gasteiger partial charge < -0.3 is 4.74 Å². The van der Waals surface area contributed by atoms with E-state index in [-0.39, 0.29) is 5.41 Å². The van der Waals surface area contributed by atoms with Gasteiger partial charge in [0.25, 0.3) is 0 Å². The van der Waals surface area contributed by atoms with Gasteiger partial charge in [-0.3, -0.25) is 0 Å². The predicted molar refractivity (Wildman–Crippen MR) is 50.2 cm³/mol. The summed E-state index contributed by atoms with van der Waals surface area (Å²) in [5.41, 5.74) is 0.212. The minimum atomic E-state index is 0.212. The SMILES string of the molecule is CC(C)(C)COc1[c]cccc1. The van der Waals surface area contributed by atoms with Crippen molar-refractivity contribution >= 4 is 0 Å². The van der Waals surface area contributed by atoms with Crippen molar-refractivity contribution in [2.24, 2.45) is 5.41 Å². The summed E-state index contributed by atoms with van der Waals surface area (Å²) in [7, 11) is 0. The van der Waals surface area contributed by atoms with Gasteiger partial charge in [-0.25, -0.2) is 0 Å². The molecule has 0 aromatic heterocycles. The fraction of sp³-hybridized carbons (Fsp3) is 0.455. The van der Waals surface area contributed by atoms with E-state index in [1.807, 2.05) is 24.3 Å². The Bertz CT molecular complexity index is 221. The molecule has 0 spiro atoms. The molecule has 0 aliphatic carbocycles. The molecule has 1 heteroatoms. The van der Waals surface area contributed by atoms with E-state index >= 15 is 0 Å². The molecule has 0 saturated carbocycles. The first-order chi connectivity index (χ1) is 5.58. The van der Waals surface area contributed by atoms with Gasteiger partial charge in [0.1, 0.15) is 5.75 Å².